The standard InChI is InChI=1S/C15H18N2O6S/c1-17-9-11(8-12(17)15(18)23-4)24(19,20)16-10-5-6-13(21-2)14(7-10)22-3/h5-9,16H,1-4H3. The van der Waals surface area contributed by atoms with Crippen molar-refractivity contribution < 1.29 is 27.4 Å². The SMILES string of the molecule is COC(=O)c1cc(S(=O)(=O)Nc2ccc(OC)c(OC)c2)cn1C. The second kappa shape index (κ2) is 6.83. The first kappa shape index (κ1) is 17.7. The minimum absolute atomic E-state index is 0.0554. The summed E-state index contributed by atoms with van der Waals surface area (Å²) >= 11 is 0. The number of methoxy groups -OCH3 is 3. The van der Waals surface area contributed by atoms with Gasteiger partial charge < -0.3 is 18.8 Å². The number of sulfonamides is 1. The van der Waals surface area contributed by atoms with Crippen molar-refractivity contribution in [3.05, 3.63) is 36.2 Å². The summed E-state index contributed by atoms with van der Waals surface area (Å²) in [6, 6.07) is 5.88. The number of nitrogens with one attached hydrogen (secondary N) is 1. The third kappa shape index (κ3) is 3.46. The number of carbonyl (C=O) groups excluding carboxylic acids is 1. The van der Waals surface area contributed by atoms with Crippen LogP contribution >= 0.6 is 0 Å². The Labute approximate surface area is 140 Å². The van der Waals surface area contributed by atoms with Crippen molar-refractivity contribution in [2.75, 3.05) is 26.1 Å². The van der Waals surface area contributed by atoms with Crippen LogP contribution in [0.25, 0.3) is 0 Å². The van der Waals surface area contributed by atoms with Crippen LogP contribution in [0.2, 0.25) is 0 Å². The van der Waals surface area contributed by atoms with Gasteiger partial charge in [0.05, 0.1) is 27.0 Å². The lowest BCUT2D eigenvalue weighted by Crippen LogP contribution is -2.12. The van der Waals surface area contributed by atoms with E-state index in [4.69, 9.17) is 9.47 Å². The molecule has 1 heterocycles. The van der Waals surface area contributed by atoms with Crippen LogP contribution in [0.5, 0.6) is 11.5 Å². The highest BCUT2D eigenvalue weighted by Gasteiger charge is 2.21. The summed E-state index contributed by atoms with van der Waals surface area (Å²) in [6.07, 6.45) is 1.33. The number of benzene rings is 1. The fourth-order valence-corrected chi connectivity index (χ4v) is 3.22. The highest BCUT2D eigenvalue weighted by atomic mass is 32.2. The number of anilines is 1. The van der Waals surface area contributed by atoms with Crippen molar-refractivity contribution >= 4 is 21.7 Å². The summed E-state index contributed by atoms with van der Waals surface area (Å²) in [5.74, 6) is 0.249. The van der Waals surface area contributed by atoms with Gasteiger partial charge >= 0.3 is 5.97 Å². The molecule has 0 saturated carbocycles. The molecule has 0 atom stereocenters. The van der Waals surface area contributed by atoms with Gasteiger partial charge in [0.15, 0.2) is 11.5 Å². The Morgan fingerprint density at radius 1 is 1.08 bits per heavy atom. The summed E-state index contributed by atoms with van der Waals surface area (Å²) in [5, 5.41) is 0. The predicted octanol–water partition coefficient (Wildman–Crippen LogP) is 1.63. The fourth-order valence-electron chi connectivity index (χ4n) is 2.10. The van der Waals surface area contributed by atoms with Crippen molar-refractivity contribution in [2.24, 2.45) is 7.05 Å². The molecule has 0 radical (unpaired) electrons. The van der Waals surface area contributed by atoms with Gasteiger partial charge in [0.25, 0.3) is 10.0 Å². The van der Waals surface area contributed by atoms with Gasteiger partial charge in [-0.05, 0) is 18.2 Å². The number of aryl methyl sites for hydroxylation is 1. The van der Waals surface area contributed by atoms with Crippen molar-refractivity contribution in [3.8, 4) is 11.5 Å². The first-order valence-corrected chi connectivity index (χ1v) is 8.30. The second-order valence-corrected chi connectivity index (χ2v) is 6.52. The van der Waals surface area contributed by atoms with E-state index in [0.29, 0.717) is 17.2 Å². The number of hydrogen-bond donors (Lipinski definition) is 1. The van der Waals surface area contributed by atoms with Crippen LogP contribution in [0.4, 0.5) is 5.69 Å². The Bertz CT molecular complexity index is 857. The molecular weight excluding hydrogens is 336 g/mol. The molecule has 0 bridgehead atoms. The van der Waals surface area contributed by atoms with Gasteiger partial charge in [0.1, 0.15) is 10.6 Å². The molecule has 2 aromatic rings. The summed E-state index contributed by atoms with van der Waals surface area (Å²) in [4.78, 5) is 11.5. The molecule has 9 heteroatoms. The average Bonchev–Trinajstić information content (AvgIpc) is 2.96. The van der Waals surface area contributed by atoms with Gasteiger partial charge in [-0.25, -0.2) is 13.2 Å². The maximum atomic E-state index is 12.5. The van der Waals surface area contributed by atoms with Gasteiger partial charge in [0, 0.05) is 19.3 Å². The molecule has 1 N–H and O–H groups in total. The van der Waals surface area contributed by atoms with E-state index in [1.807, 2.05) is 0 Å². The van der Waals surface area contributed by atoms with Gasteiger partial charge in [-0.3, -0.25) is 4.72 Å². The molecule has 0 saturated heterocycles. The molecule has 1 aromatic carbocycles. The van der Waals surface area contributed by atoms with Crippen LogP contribution in [-0.4, -0.2) is 40.3 Å². The van der Waals surface area contributed by atoms with Crippen molar-refractivity contribution in [1.82, 2.24) is 4.57 Å². The van der Waals surface area contributed by atoms with E-state index in [0.717, 1.165) is 0 Å². The van der Waals surface area contributed by atoms with E-state index in [1.54, 1.807) is 19.2 Å². The lowest BCUT2D eigenvalue weighted by molar-refractivity contribution is 0.0590. The molecule has 0 spiro atoms. The molecule has 8 nitrogen and oxygen atoms in total. The van der Waals surface area contributed by atoms with E-state index >= 15 is 0 Å². The molecule has 0 aliphatic rings. The summed E-state index contributed by atoms with van der Waals surface area (Å²) in [5.41, 5.74) is 0.432. The van der Waals surface area contributed by atoms with E-state index < -0.39 is 16.0 Å². The number of ether oxygens (including phenoxy) is 3. The summed E-state index contributed by atoms with van der Waals surface area (Å²) < 4.78 is 43.6. The monoisotopic (exact) mass is 354 g/mol. The highest BCUT2D eigenvalue weighted by Crippen LogP contribution is 2.30. The quantitative estimate of drug-likeness (QED) is 0.792. The van der Waals surface area contributed by atoms with Gasteiger partial charge in [-0.1, -0.05) is 0 Å². The molecule has 0 amide bonds. The molecular formula is C15H18N2O6S. The number of hydrogen-bond acceptors (Lipinski definition) is 6. The second-order valence-electron chi connectivity index (χ2n) is 4.84. The molecule has 0 aliphatic heterocycles. The Kier molecular flexibility index (Phi) is 5.03. The molecule has 0 unspecified atom stereocenters. The van der Waals surface area contributed by atoms with Crippen molar-refractivity contribution in [3.63, 3.8) is 0 Å². The number of esters is 1. The maximum Gasteiger partial charge on any atom is 0.354 e. The first-order chi connectivity index (χ1) is 11.3. The van der Waals surface area contributed by atoms with Crippen molar-refractivity contribution in [1.29, 1.82) is 0 Å². The van der Waals surface area contributed by atoms with Crippen LogP contribution < -0.4 is 14.2 Å². The Hall–Kier alpha value is -2.68. The zero-order valence-corrected chi connectivity index (χ0v) is 14.5. The summed E-state index contributed by atoms with van der Waals surface area (Å²) in [6.45, 7) is 0. The lowest BCUT2D eigenvalue weighted by Gasteiger charge is -2.11. The normalized spacial score (nSPS) is 11.0. The number of nitrogens with zero attached hydrogens (tertiary/aromatic N) is 1. The largest absolute Gasteiger partial charge is 0.493 e. The Morgan fingerprint density at radius 3 is 2.33 bits per heavy atom. The van der Waals surface area contributed by atoms with Crippen LogP contribution in [0.3, 0.4) is 0 Å². The smallest absolute Gasteiger partial charge is 0.354 e. The number of rotatable bonds is 6. The van der Waals surface area contributed by atoms with Gasteiger partial charge in [-0.15, -0.1) is 0 Å². The van der Waals surface area contributed by atoms with Gasteiger partial charge in [0.2, 0.25) is 0 Å². The zero-order chi connectivity index (χ0) is 17.9. The van der Waals surface area contributed by atoms with Crippen LogP contribution in [0.1, 0.15) is 10.5 Å². The Balaban J connectivity index is 2.34. The average molecular weight is 354 g/mol. The predicted molar refractivity (Wildman–Crippen MR) is 87.1 cm³/mol. The van der Waals surface area contributed by atoms with Crippen LogP contribution in [0, 0.1) is 0 Å². The number of aromatic nitrogens is 1. The number of carbonyl (C=O) groups is 1. The summed E-state index contributed by atoms with van der Waals surface area (Å²) in [7, 11) is 1.85. The molecule has 1 aromatic heterocycles. The Morgan fingerprint density at radius 2 is 1.75 bits per heavy atom. The third-order valence-corrected chi connectivity index (χ3v) is 4.67. The minimum atomic E-state index is -3.88. The molecule has 24 heavy (non-hydrogen) atoms. The maximum absolute atomic E-state index is 12.5. The first-order valence-electron chi connectivity index (χ1n) is 6.82. The highest BCUT2D eigenvalue weighted by molar-refractivity contribution is 7.92. The zero-order valence-electron chi connectivity index (χ0n) is 13.7. The lowest BCUT2D eigenvalue weighted by atomic mass is 10.3. The van der Waals surface area contributed by atoms with E-state index in [9.17, 15) is 13.2 Å². The topological polar surface area (TPSA) is 95.9 Å². The van der Waals surface area contributed by atoms with Crippen molar-refractivity contribution in [2.45, 2.75) is 4.90 Å². The molecule has 130 valence electrons. The van der Waals surface area contributed by atoms with Crippen LogP contribution in [-0.2, 0) is 21.8 Å². The van der Waals surface area contributed by atoms with E-state index in [-0.39, 0.29) is 10.6 Å². The van der Waals surface area contributed by atoms with E-state index in [1.165, 1.54) is 44.2 Å². The van der Waals surface area contributed by atoms with E-state index in [2.05, 4.69) is 9.46 Å². The molecule has 0 fully saturated rings. The van der Waals surface area contributed by atoms with Gasteiger partial charge in [-0.2, -0.15) is 0 Å². The minimum Gasteiger partial charge on any atom is -0.493 e. The third-order valence-electron chi connectivity index (χ3n) is 3.32. The van der Waals surface area contributed by atoms with Crippen LogP contribution in [0.15, 0.2) is 35.4 Å². The fraction of sp³-hybridized carbons (Fsp3) is 0.267. The molecule has 2 rings (SSSR count). The molecule has 0 aliphatic carbocycles.